The van der Waals surface area contributed by atoms with Crippen LogP contribution < -0.4 is 5.73 Å². The molecule has 0 aromatic rings. The molecule has 0 radical (unpaired) electrons. The molecule has 0 amide bonds. The van der Waals surface area contributed by atoms with Gasteiger partial charge in [0.1, 0.15) is 5.57 Å². The van der Waals surface area contributed by atoms with Crippen molar-refractivity contribution in [1.29, 1.82) is 0 Å². The average molecular weight is 227 g/mol. The van der Waals surface area contributed by atoms with Crippen molar-refractivity contribution in [2.24, 2.45) is 5.73 Å². The lowest BCUT2D eigenvalue weighted by Crippen LogP contribution is -2.15. The molecular weight excluding hydrogens is 210 g/mol. The molecule has 2 N–H and O–H groups in total. The van der Waals surface area contributed by atoms with Gasteiger partial charge in [0.05, 0.1) is 25.2 Å². The van der Waals surface area contributed by atoms with E-state index in [1.165, 1.54) is 13.2 Å². The largest absolute Gasteiger partial charge is 0.501 e. The van der Waals surface area contributed by atoms with Crippen LogP contribution in [0.2, 0.25) is 0 Å². The van der Waals surface area contributed by atoms with Crippen LogP contribution in [0.4, 0.5) is 0 Å². The maximum absolute atomic E-state index is 11.5. The number of ketones is 1. The molecule has 0 fully saturated rings. The Labute approximate surface area is 94.9 Å². The van der Waals surface area contributed by atoms with Crippen molar-refractivity contribution in [3.63, 3.8) is 0 Å². The number of rotatable bonds is 6. The molecule has 0 aliphatic heterocycles. The Morgan fingerprint density at radius 1 is 1.25 bits per heavy atom. The van der Waals surface area contributed by atoms with Crippen molar-refractivity contribution < 1.29 is 19.1 Å². The van der Waals surface area contributed by atoms with Crippen molar-refractivity contribution in [3.8, 4) is 0 Å². The Kier molecular flexibility index (Phi) is 6.67. The fourth-order valence-electron chi connectivity index (χ4n) is 0.906. The summed E-state index contributed by atoms with van der Waals surface area (Å²) in [7, 11) is 0. The monoisotopic (exact) mass is 227 g/mol. The molecule has 0 saturated carbocycles. The molecule has 16 heavy (non-hydrogen) atoms. The van der Waals surface area contributed by atoms with Crippen molar-refractivity contribution in [2.45, 2.75) is 20.8 Å². The van der Waals surface area contributed by atoms with Gasteiger partial charge in [0.15, 0.2) is 5.78 Å². The van der Waals surface area contributed by atoms with Gasteiger partial charge in [-0.15, -0.1) is 0 Å². The van der Waals surface area contributed by atoms with Gasteiger partial charge in [-0.2, -0.15) is 0 Å². The third-order valence-electron chi connectivity index (χ3n) is 1.53. The normalized spacial score (nSPS) is 12.2. The predicted molar refractivity (Wildman–Crippen MR) is 59.3 cm³/mol. The van der Waals surface area contributed by atoms with E-state index >= 15 is 0 Å². The molecule has 5 nitrogen and oxygen atoms in total. The lowest BCUT2D eigenvalue weighted by molar-refractivity contribution is -0.138. The van der Waals surface area contributed by atoms with E-state index in [1.54, 1.807) is 13.8 Å². The summed E-state index contributed by atoms with van der Waals surface area (Å²) in [6.07, 6.45) is 2.36. The summed E-state index contributed by atoms with van der Waals surface area (Å²) in [4.78, 5) is 22.3. The fraction of sp³-hybridized carbons (Fsp3) is 0.455. The zero-order chi connectivity index (χ0) is 12.6. The maximum atomic E-state index is 11.5. The van der Waals surface area contributed by atoms with Gasteiger partial charge in [-0.1, -0.05) is 0 Å². The molecule has 90 valence electrons. The summed E-state index contributed by atoms with van der Waals surface area (Å²) in [6, 6.07) is 0. The standard InChI is InChI=1S/C11H17NO4/c1-4-15-7-9(11(14)16-5-2)10(12)6-8(3)13/h6-7H,4-5,12H2,1-3H3/b9-7+,10-6-. The Balaban J connectivity index is 4.94. The number of hydrogen-bond acceptors (Lipinski definition) is 5. The molecule has 0 aromatic heterocycles. The molecule has 0 heterocycles. The average Bonchev–Trinajstić information content (AvgIpc) is 2.17. The highest BCUT2D eigenvalue weighted by Crippen LogP contribution is 2.07. The van der Waals surface area contributed by atoms with Crippen LogP contribution in [0.25, 0.3) is 0 Å². The van der Waals surface area contributed by atoms with Gasteiger partial charge < -0.3 is 15.2 Å². The minimum Gasteiger partial charge on any atom is -0.501 e. The quantitative estimate of drug-likeness (QED) is 0.316. The minimum absolute atomic E-state index is 0.0411. The Bertz CT molecular complexity index is 318. The van der Waals surface area contributed by atoms with E-state index in [4.69, 9.17) is 15.2 Å². The topological polar surface area (TPSA) is 78.6 Å². The van der Waals surface area contributed by atoms with E-state index in [0.717, 1.165) is 6.08 Å². The molecule has 0 bridgehead atoms. The maximum Gasteiger partial charge on any atom is 0.343 e. The molecular formula is C11H17NO4. The number of carbonyl (C=O) groups excluding carboxylic acids is 2. The zero-order valence-corrected chi connectivity index (χ0v) is 9.78. The van der Waals surface area contributed by atoms with Crippen LogP contribution in [0.1, 0.15) is 20.8 Å². The second kappa shape index (κ2) is 7.50. The molecule has 0 aromatic carbocycles. The van der Waals surface area contributed by atoms with E-state index in [2.05, 4.69) is 0 Å². The molecule has 0 aliphatic rings. The molecule has 0 aliphatic carbocycles. The van der Waals surface area contributed by atoms with Crippen molar-refractivity contribution in [3.05, 3.63) is 23.6 Å². The van der Waals surface area contributed by atoms with Crippen LogP contribution in [0.15, 0.2) is 23.6 Å². The van der Waals surface area contributed by atoms with E-state index in [9.17, 15) is 9.59 Å². The Hall–Kier alpha value is -1.78. The lowest BCUT2D eigenvalue weighted by atomic mass is 10.2. The van der Waals surface area contributed by atoms with Gasteiger partial charge in [0.2, 0.25) is 0 Å². The van der Waals surface area contributed by atoms with Gasteiger partial charge >= 0.3 is 5.97 Å². The van der Waals surface area contributed by atoms with Crippen LogP contribution in [0.3, 0.4) is 0 Å². The van der Waals surface area contributed by atoms with Crippen LogP contribution >= 0.6 is 0 Å². The van der Waals surface area contributed by atoms with E-state index in [-0.39, 0.29) is 23.7 Å². The Morgan fingerprint density at radius 2 is 1.88 bits per heavy atom. The number of ether oxygens (including phenoxy) is 2. The summed E-state index contributed by atoms with van der Waals surface area (Å²) in [6.45, 7) is 5.42. The number of nitrogens with two attached hydrogens (primary N) is 1. The highest BCUT2D eigenvalue weighted by atomic mass is 16.5. The summed E-state index contributed by atoms with van der Waals surface area (Å²) in [5.74, 6) is -0.852. The minimum atomic E-state index is -0.606. The van der Waals surface area contributed by atoms with Gasteiger partial charge in [-0.05, 0) is 20.8 Å². The number of carbonyl (C=O) groups is 2. The first-order valence-corrected chi connectivity index (χ1v) is 4.99. The summed E-state index contributed by atoms with van der Waals surface area (Å²) < 4.78 is 9.76. The van der Waals surface area contributed by atoms with Crippen LogP contribution in [0, 0.1) is 0 Å². The second-order valence-electron chi connectivity index (χ2n) is 2.92. The first-order chi connectivity index (χ1) is 7.52. The molecule has 0 unspecified atom stereocenters. The van der Waals surface area contributed by atoms with E-state index in [0.29, 0.717) is 6.61 Å². The van der Waals surface area contributed by atoms with Crippen LogP contribution in [-0.4, -0.2) is 25.0 Å². The number of hydrogen-bond donors (Lipinski definition) is 1. The number of esters is 1. The van der Waals surface area contributed by atoms with Gasteiger partial charge in [0, 0.05) is 6.08 Å². The molecule has 5 heteroatoms. The summed E-state index contributed by atoms with van der Waals surface area (Å²) >= 11 is 0. The highest BCUT2D eigenvalue weighted by molar-refractivity contribution is 5.96. The first kappa shape index (κ1) is 14.2. The Morgan fingerprint density at radius 3 is 2.31 bits per heavy atom. The molecule has 0 spiro atoms. The zero-order valence-electron chi connectivity index (χ0n) is 9.78. The SMILES string of the molecule is CCO/C=C(C(=O)OCC)\C(N)=C\C(C)=O. The van der Waals surface area contributed by atoms with Crippen LogP contribution in [0.5, 0.6) is 0 Å². The van der Waals surface area contributed by atoms with Gasteiger partial charge in [-0.3, -0.25) is 4.79 Å². The summed E-state index contributed by atoms with van der Waals surface area (Å²) in [5.41, 5.74) is 5.68. The summed E-state index contributed by atoms with van der Waals surface area (Å²) in [5, 5.41) is 0. The lowest BCUT2D eigenvalue weighted by Gasteiger charge is -2.07. The van der Waals surface area contributed by atoms with Gasteiger partial charge in [-0.25, -0.2) is 4.79 Å². The van der Waals surface area contributed by atoms with Crippen LogP contribution in [-0.2, 0) is 19.1 Å². The first-order valence-electron chi connectivity index (χ1n) is 4.99. The fourth-order valence-corrected chi connectivity index (χ4v) is 0.906. The van der Waals surface area contributed by atoms with E-state index in [1.807, 2.05) is 0 Å². The third kappa shape index (κ3) is 5.19. The molecule has 0 atom stereocenters. The molecule has 0 rings (SSSR count). The highest BCUT2D eigenvalue weighted by Gasteiger charge is 2.14. The van der Waals surface area contributed by atoms with Crippen molar-refractivity contribution >= 4 is 11.8 Å². The van der Waals surface area contributed by atoms with Crippen molar-refractivity contribution in [2.75, 3.05) is 13.2 Å². The second-order valence-corrected chi connectivity index (χ2v) is 2.92. The van der Waals surface area contributed by atoms with Crippen molar-refractivity contribution in [1.82, 2.24) is 0 Å². The number of allylic oxidation sites excluding steroid dienone is 1. The smallest absolute Gasteiger partial charge is 0.343 e. The predicted octanol–water partition coefficient (Wildman–Crippen LogP) is 0.901. The van der Waals surface area contributed by atoms with Gasteiger partial charge in [0.25, 0.3) is 0 Å². The third-order valence-corrected chi connectivity index (χ3v) is 1.53. The van der Waals surface area contributed by atoms with E-state index < -0.39 is 5.97 Å². The molecule has 0 saturated heterocycles.